The molecule has 1 aliphatic heterocycles. The molecule has 0 bridgehead atoms. The second-order valence-electron chi connectivity index (χ2n) is 11.1. The Bertz CT molecular complexity index is 1610. The Kier molecular flexibility index (Phi) is 7.81. The third-order valence-corrected chi connectivity index (χ3v) is 9.72. The number of amides is 1. The first-order valence-electron chi connectivity index (χ1n) is 13.3. The maximum absolute atomic E-state index is 13.7. The molecule has 208 valence electrons. The lowest BCUT2D eigenvalue weighted by atomic mass is 9.98. The van der Waals surface area contributed by atoms with E-state index < -0.39 is 15.6 Å². The third-order valence-electron chi connectivity index (χ3n) is 6.84. The van der Waals surface area contributed by atoms with E-state index in [1.54, 1.807) is 23.2 Å². The summed E-state index contributed by atoms with van der Waals surface area (Å²) in [7, 11) is -2.04. The summed E-state index contributed by atoms with van der Waals surface area (Å²) in [5.41, 5.74) is 3.55. The first kappa shape index (κ1) is 28.0. The number of carbonyl (C=O) groups excluding carboxylic acids is 1. The smallest absolute Gasteiger partial charge is 0.241 e. The molecule has 1 atom stereocenters. The summed E-state index contributed by atoms with van der Waals surface area (Å²) >= 11 is 1.44. The highest BCUT2D eigenvalue weighted by Crippen LogP contribution is 2.39. The molecule has 0 radical (unpaired) electrons. The predicted octanol–water partition coefficient (Wildman–Crippen LogP) is 6.19. The minimum atomic E-state index is -3.91. The van der Waals surface area contributed by atoms with E-state index in [1.807, 2.05) is 88.5 Å². The van der Waals surface area contributed by atoms with Crippen LogP contribution in [0.2, 0.25) is 0 Å². The van der Waals surface area contributed by atoms with Crippen LogP contribution in [-0.4, -0.2) is 38.4 Å². The van der Waals surface area contributed by atoms with Crippen molar-refractivity contribution in [2.45, 2.75) is 44.0 Å². The van der Waals surface area contributed by atoms with Crippen molar-refractivity contribution in [2.24, 2.45) is 5.92 Å². The number of hydrogen-bond donors (Lipinski definition) is 2. The summed E-state index contributed by atoms with van der Waals surface area (Å²) in [5, 5.41) is 3.91. The second-order valence-corrected chi connectivity index (χ2v) is 13.7. The number of nitrogens with one attached hydrogen (secondary N) is 2. The predicted molar refractivity (Wildman–Crippen MR) is 163 cm³/mol. The van der Waals surface area contributed by atoms with Crippen LogP contribution in [0.25, 0.3) is 21.0 Å². The monoisotopic (exact) mass is 574 g/mol. The summed E-state index contributed by atoms with van der Waals surface area (Å²) in [6.45, 7) is 5.98. The standard InChI is InChI=1S/C31H34N4O3S2/c1-31(2,3)34-40(37,38)28-19-25(35-17-16-23(30(35)36)18-21-8-6-5-7-9-21)14-15-26(28)27-20-33-29(39-27)22-10-12-24(32-4)13-11-22/h5-15,19-20,23,32,34H,16-18H2,1-4H3. The maximum Gasteiger partial charge on any atom is 0.241 e. The van der Waals surface area contributed by atoms with Gasteiger partial charge in [0, 0.05) is 53.7 Å². The molecule has 7 nitrogen and oxygen atoms in total. The van der Waals surface area contributed by atoms with E-state index in [2.05, 4.69) is 15.0 Å². The highest BCUT2D eigenvalue weighted by molar-refractivity contribution is 7.89. The molecule has 1 saturated heterocycles. The third kappa shape index (κ3) is 6.11. The first-order valence-corrected chi connectivity index (χ1v) is 15.6. The minimum Gasteiger partial charge on any atom is -0.388 e. The highest BCUT2D eigenvalue weighted by Gasteiger charge is 2.34. The van der Waals surface area contributed by atoms with E-state index in [0.29, 0.717) is 24.2 Å². The molecule has 4 aromatic rings. The Morgan fingerprint density at radius 2 is 1.75 bits per heavy atom. The van der Waals surface area contributed by atoms with Crippen LogP contribution in [-0.2, 0) is 21.2 Å². The highest BCUT2D eigenvalue weighted by atomic mass is 32.2. The zero-order valence-electron chi connectivity index (χ0n) is 23.1. The summed E-state index contributed by atoms with van der Waals surface area (Å²) in [4.78, 5) is 20.6. The van der Waals surface area contributed by atoms with Crippen molar-refractivity contribution >= 4 is 38.6 Å². The first-order chi connectivity index (χ1) is 19.0. The molecule has 0 aliphatic carbocycles. The fourth-order valence-electron chi connectivity index (χ4n) is 4.96. The van der Waals surface area contributed by atoms with Gasteiger partial charge in [-0.05, 0) is 75.6 Å². The molecule has 9 heteroatoms. The number of sulfonamides is 1. The molecule has 1 unspecified atom stereocenters. The van der Waals surface area contributed by atoms with Crippen LogP contribution in [0.15, 0.2) is 83.9 Å². The van der Waals surface area contributed by atoms with Gasteiger partial charge in [-0.2, -0.15) is 0 Å². The van der Waals surface area contributed by atoms with Crippen LogP contribution in [0.5, 0.6) is 0 Å². The Labute approximate surface area is 240 Å². The lowest BCUT2D eigenvalue weighted by molar-refractivity contribution is -0.120. The Morgan fingerprint density at radius 1 is 1.02 bits per heavy atom. The lowest BCUT2D eigenvalue weighted by Crippen LogP contribution is -2.40. The van der Waals surface area contributed by atoms with Gasteiger partial charge in [0.25, 0.3) is 0 Å². The molecule has 1 aliphatic rings. The Balaban J connectivity index is 1.50. The van der Waals surface area contributed by atoms with Crippen LogP contribution in [0, 0.1) is 5.92 Å². The zero-order valence-corrected chi connectivity index (χ0v) is 24.8. The molecule has 40 heavy (non-hydrogen) atoms. The number of carbonyl (C=O) groups is 1. The average molecular weight is 575 g/mol. The Morgan fingerprint density at radius 3 is 2.42 bits per heavy atom. The second kappa shape index (κ2) is 11.2. The zero-order chi connectivity index (χ0) is 28.5. The van der Waals surface area contributed by atoms with Gasteiger partial charge in [-0.1, -0.05) is 36.4 Å². The molecule has 1 aromatic heterocycles. The number of rotatable bonds is 8. The van der Waals surface area contributed by atoms with E-state index in [9.17, 15) is 13.2 Å². The van der Waals surface area contributed by atoms with E-state index in [1.165, 1.54) is 11.3 Å². The van der Waals surface area contributed by atoms with Crippen LogP contribution >= 0.6 is 11.3 Å². The molecule has 2 heterocycles. The molecule has 5 rings (SSSR count). The van der Waals surface area contributed by atoms with Gasteiger partial charge < -0.3 is 10.2 Å². The van der Waals surface area contributed by atoms with Gasteiger partial charge in [-0.25, -0.2) is 18.1 Å². The van der Waals surface area contributed by atoms with Crippen LogP contribution in [0.1, 0.15) is 32.8 Å². The molecule has 0 saturated carbocycles. The number of hydrogen-bond acceptors (Lipinski definition) is 6. The molecule has 1 amide bonds. The van der Waals surface area contributed by atoms with Gasteiger partial charge in [-0.3, -0.25) is 4.79 Å². The summed E-state index contributed by atoms with van der Waals surface area (Å²) in [5.74, 6) is -0.109. The minimum absolute atomic E-state index is 0.0221. The van der Waals surface area contributed by atoms with Crippen molar-refractivity contribution in [3.63, 3.8) is 0 Å². The van der Waals surface area contributed by atoms with Gasteiger partial charge in [-0.15, -0.1) is 11.3 Å². The van der Waals surface area contributed by atoms with Gasteiger partial charge in [0.1, 0.15) is 5.01 Å². The van der Waals surface area contributed by atoms with Gasteiger partial charge in [0.15, 0.2) is 0 Å². The van der Waals surface area contributed by atoms with Gasteiger partial charge in [0.2, 0.25) is 15.9 Å². The van der Waals surface area contributed by atoms with Crippen molar-refractivity contribution in [3.8, 4) is 21.0 Å². The van der Waals surface area contributed by atoms with Crippen LogP contribution in [0.4, 0.5) is 11.4 Å². The normalized spacial score (nSPS) is 15.9. The fourth-order valence-corrected chi connectivity index (χ4v) is 7.64. The summed E-state index contributed by atoms with van der Waals surface area (Å²) < 4.78 is 30.2. The van der Waals surface area contributed by atoms with Gasteiger partial charge >= 0.3 is 0 Å². The molecule has 2 N–H and O–H groups in total. The number of benzene rings is 3. The summed E-state index contributed by atoms with van der Waals surface area (Å²) in [6, 6.07) is 23.2. The van der Waals surface area contributed by atoms with Crippen LogP contribution < -0.4 is 14.9 Å². The van der Waals surface area contributed by atoms with Crippen molar-refractivity contribution in [2.75, 3.05) is 23.8 Å². The van der Waals surface area contributed by atoms with E-state index in [-0.39, 0.29) is 16.7 Å². The van der Waals surface area contributed by atoms with Crippen molar-refractivity contribution in [1.82, 2.24) is 9.71 Å². The average Bonchev–Trinajstić information content (AvgIpc) is 3.55. The summed E-state index contributed by atoms with van der Waals surface area (Å²) in [6.07, 6.45) is 3.11. The topological polar surface area (TPSA) is 91.4 Å². The molecular weight excluding hydrogens is 541 g/mol. The lowest BCUT2D eigenvalue weighted by Gasteiger charge is -2.23. The van der Waals surface area contributed by atoms with Crippen molar-refractivity contribution in [1.29, 1.82) is 0 Å². The largest absolute Gasteiger partial charge is 0.388 e. The van der Waals surface area contributed by atoms with E-state index in [0.717, 1.165) is 33.1 Å². The maximum atomic E-state index is 13.7. The Hall–Kier alpha value is -3.53. The van der Waals surface area contributed by atoms with Crippen LogP contribution in [0.3, 0.4) is 0 Å². The number of aromatic nitrogens is 1. The SMILES string of the molecule is CNc1ccc(-c2ncc(-c3ccc(N4CCC(Cc5ccccc5)C4=O)cc3S(=O)(=O)NC(C)(C)C)s2)cc1. The quantitative estimate of drug-likeness (QED) is 0.262. The molecule has 0 spiro atoms. The number of anilines is 2. The molecular formula is C31H34N4O3S2. The number of thiazole rings is 1. The van der Waals surface area contributed by atoms with Crippen molar-refractivity contribution in [3.05, 3.63) is 84.6 Å². The fraction of sp³-hybridized carbons (Fsp3) is 0.290. The van der Waals surface area contributed by atoms with E-state index in [4.69, 9.17) is 0 Å². The molecule has 3 aromatic carbocycles. The van der Waals surface area contributed by atoms with Crippen molar-refractivity contribution < 1.29 is 13.2 Å². The molecule has 1 fully saturated rings. The van der Waals surface area contributed by atoms with E-state index >= 15 is 0 Å². The number of nitrogens with zero attached hydrogens (tertiary/aromatic N) is 2. The van der Waals surface area contributed by atoms with Gasteiger partial charge in [0.05, 0.1) is 9.77 Å².